The fraction of sp³-hybridized carbons (Fsp3) is 0.154. The lowest BCUT2D eigenvalue weighted by Crippen LogP contribution is -2.33. The van der Waals surface area contributed by atoms with E-state index in [0.29, 0.717) is 33.6 Å². The molecular weight excluding hydrogens is 460 g/mol. The third kappa shape index (κ3) is 3.58. The maximum Gasteiger partial charge on any atom is 0.261 e. The van der Waals surface area contributed by atoms with Crippen molar-refractivity contribution >= 4 is 23.6 Å². The van der Waals surface area contributed by atoms with E-state index in [4.69, 9.17) is 0 Å². The van der Waals surface area contributed by atoms with Crippen LogP contribution in [0.25, 0.3) is 0 Å². The molecule has 36 heavy (non-hydrogen) atoms. The van der Waals surface area contributed by atoms with Crippen LogP contribution in [0, 0.1) is 22.7 Å². The van der Waals surface area contributed by atoms with Gasteiger partial charge in [0.05, 0.1) is 33.6 Å². The SMILES string of the molecule is N#Cc1nc(CCN2C(=O)c3ccccc3C2=O)c(CCN2C(=O)c3ccccc3C2=O)nc1C#N. The quantitative estimate of drug-likeness (QED) is 0.490. The van der Waals surface area contributed by atoms with Crippen LogP contribution in [0.15, 0.2) is 48.5 Å². The molecule has 10 heteroatoms. The molecule has 0 radical (unpaired) electrons. The molecule has 1 aromatic heterocycles. The zero-order valence-corrected chi connectivity index (χ0v) is 18.8. The molecule has 2 aliphatic rings. The fourth-order valence-corrected chi connectivity index (χ4v) is 4.38. The number of carbonyl (C=O) groups is 4. The highest BCUT2D eigenvalue weighted by molar-refractivity contribution is 6.22. The lowest BCUT2D eigenvalue weighted by molar-refractivity contribution is 0.0637. The van der Waals surface area contributed by atoms with Crippen LogP contribution in [0.1, 0.15) is 64.2 Å². The summed E-state index contributed by atoms with van der Waals surface area (Å²) in [6, 6.07) is 16.7. The standard InChI is InChI=1S/C26H16N6O4/c27-13-21-22(14-28)30-20(10-12-32-25(35)17-7-3-4-8-18(17)26(32)36)19(29-21)9-11-31-23(33)15-5-1-2-6-16(15)24(31)34/h1-8H,9-12H2. The third-order valence-electron chi connectivity index (χ3n) is 6.16. The van der Waals surface area contributed by atoms with Crippen LogP contribution in [-0.2, 0) is 12.8 Å². The second-order valence-electron chi connectivity index (χ2n) is 8.15. The van der Waals surface area contributed by atoms with Gasteiger partial charge in [-0.25, -0.2) is 9.97 Å². The van der Waals surface area contributed by atoms with Crippen LogP contribution in [0.2, 0.25) is 0 Å². The summed E-state index contributed by atoms with van der Waals surface area (Å²) in [6.07, 6.45) is 0.159. The summed E-state index contributed by atoms with van der Waals surface area (Å²) in [5.74, 6) is -1.70. The minimum Gasteiger partial charge on any atom is -0.274 e. The maximum absolute atomic E-state index is 12.7. The normalized spacial score (nSPS) is 14.1. The minimum atomic E-state index is -0.426. The highest BCUT2D eigenvalue weighted by Crippen LogP contribution is 2.25. The molecule has 4 amide bonds. The summed E-state index contributed by atoms with van der Waals surface area (Å²) in [5.41, 5.74) is 1.51. The number of nitriles is 2. The predicted molar refractivity (Wildman–Crippen MR) is 122 cm³/mol. The van der Waals surface area contributed by atoms with E-state index in [1.54, 1.807) is 48.5 Å². The van der Waals surface area contributed by atoms with Gasteiger partial charge in [-0.15, -0.1) is 0 Å². The number of amides is 4. The van der Waals surface area contributed by atoms with Crippen molar-refractivity contribution < 1.29 is 19.2 Å². The van der Waals surface area contributed by atoms with Gasteiger partial charge in [-0.2, -0.15) is 10.5 Å². The molecule has 0 saturated heterocycles. The van der Waals surface area contributed by atoms with Crippen molar-refractivity contribution in [2.45, 2.75) is 12.8 Å². The highest BCUT2D eigenvalue weighted by Gasteiger charge is 2.36. The van der Waals surface area contributed by atoms with Gasteiger partial charge in [0.15, 0.2) is 11.4 Å². The van der Waals surface area contributed by atoms with E-state index in [-0.39, 0.29) is 37.3 Å². The molecular formula is C26H16N6O4. The average molecular weight is 476 g/mol. The van der Waals surface area contributed by atoms with E-state index in [9.17, 15) is 29.7 Å². The Labute approximate surface area is 205 Å². The molecule has 2 aliphatic heterocycles. The molecule has 2 aromatic carbocycles. The van der Waals surface area contributed by atoms with Crippen molar-refractivity contribution in [3.63, 3.8) is 0 Å². The molecule has 0 aliphatic carbocycles. The molecule has 3 aromatic rings. The van der Waals surface area contributed by atoms with E-state index in [0.717, 1.165) is 9.80 Å². The van der Waals surface area contributed by atoms with Crippen molar-refractivity contribution in [1.29, 1.82) is 10.5 Å². The first-order valence-electron chi connectivity index (χ1n) is 11.0. The molecule has 0 unspecified atom stereocenters. The van der Waals surface area contributed by atoms with Crippen molar-refractivity contribution in [3.8, 4) is 12.1 Å². The van der Waals surface area contributed by atoms with Gasteiger partial charge < -0.3 is 0 Å². The van der Waals surface area contributed by atoms with E-state index in [1.807, 2.05) is 12.1 Å². The van der Waals surface area contributed by atoms with Crippen molar-refractivity contribution in [3.05, 3.63) is 93.6 Å². The summed E-state index contributed by atoms with van der Waals surface area (Å²) in [4.78, 5) is 61.6. The first-order valence-corrected chi connectivity index (χ1v) is 11.0. The monoisotopic (exact) mass is 476 g/mol. The van der Waals surface area contributed by atoms with Gasteiger partial charge in [0.1, 0.15) is 12.1 Å². The molecule has 5 rings (SSSR count). The Morgan fingerprint density at radius 3 is 1.17 bits per heavy atom. The van der Waals surface area contributed by atoms with Crippen LogP contribution < -0.4 is 0 Å². The van der Waals surface area contributed by atoms with E-state index in [1.165, 1.54) is 0 Å². The second-order valence-corrected chi connectivity index (χ2v) is 8.15. The summed E-state index contributed by atoms with van der Waals surface area (Å²) in [7, 11) is 0. The minimum absolute atomic E-state index is 0.0161. The molecule has 0 spiro atoms. The fourth-order valence-electron chi connectivity index (χ4n) is 4.38. The average Bonchev–Trinajstić information content (AvgIpc) is 3.30. The van der Waals surface area contributed by atoms with Crippen LogP contribution in [0.4, 0.5) is 0 Å². The third-order valence-corrected chi connectivity index (χ3v) is 6.16. The Bertz CT molecular complexity index is 1380. The number of nitrogens with zero attached hydrogens (tertiary/aromatic N) is 6. The summed E-state index contributed by atoms with van der Waals surface area (Å²) in [5, 5.41) is 18.8. The van der Waals surface area contributed by atoms with Crippen LogP contribution in [-0.4, -0.2) is 56.5 Å². The smallest absolute Gasteiger partial charge is 0.261 e. The largest absolute Gasteiger partial charge is 0.274 e. The molecule has 0 bridgehead atoms. The van der Waals surface area contributed by atoms with Gasteiger partial charge in [-0.1, -0.05) is 24.3 Å². The van der Waals surface area contributed by atoms with Gasteiger partial charge in [0.2, 0.25) is 0 Å². The Kier molecular flexibility index (Phi) is 5.55. The number of benzene rings is 2. The molecule has 3 heterocycles. The van der Waals surface area contributed by atoms with Gasteiger partial charge in [-0.05, 0) is 24.3 Å². The highest BCUT2D eigenvalue weighted by atomic mass is 16.2. The van der Waals surface area contributed by atoms with Gasteiger partial charge >= 0.3 is 0 Å². The Hall–Kier alpha value is -5.22. The number of carbonyl (C=O) groups excluding carboxylic acids is 4. The van der Waals surface area contributed by atoms with Crippen LogP contribution >= 0.6 is 0 Å². The lowest BCUT2D eigenvalue weighted by Gasteiger charge is -2.17. The molecule has 0 N–H and O–H groups in total. The summed E-state index contributed by atoms with van der Waals surface area (Å²) in [6.45, 7) is -0.0321. The van der Waals surface area contributed by atoms with Crippen LogP contribution in [0.5, 0.6) is 0 Å². The zero-order valence-electron chi connectivity index (χ0n) is 18.8. The van der Waals surface area contributed by atoms with E-state index in [2.05, 4.69) is 9.97 Å². The Balaban J connectivity index is 1.39. The molecule has 0 atom stereocenters. The van der Waals surface area contributed by atoms with Gasteiger partial charge in [-0.3, -0.25) is 29.0 Å². The van der Waals surface area contributed by atoms with E-state index >= 15 is 0 Å². The van der Waals surface area contributed by atoms with Gasteiger partial charge in [0.25, 0.3) is 23.6 Å². The van der Waals surface area contributed by atoms with E-state index < -0.39 is 23.6 Å². The predicted octanol–water partition coefficient (Wildman–Crippen LogP) is 1.90. The first-order chi connectivity index (χ1) is 17.4. The molecule has 0 saturated carbocycles. The summed E-state index contributed by atoms with van der Waals surface area (Å²) >= 11 is 0. The molecule has 10 nitrogen and oxygen atoms in total. The second kappa shape index (κ2) is 8.85. The lowest BCUT2D eigenvalue weighted by atomic mass is 10.1. The van der Waals surface area contributed by atoms with Gasteiger partial charge in [0, 0.05) is 25.9 Å². The number of rotatable bonds is 6. The number of imide groups is 2. The Morgan fingerprint density at radius 1 is 0.583 bits per heavy atom. The van der Waals surface area contributed by atoms with Crippen molar-refractivity contribution in [2.24, 2.45) is 0 Å². The van der Waals surface area contributed by atoms with Crippen molar-refractivity contribution in [2.75, 3.05) is 13.1 Å². The zero-order chi connectivity index (χ0) is 25.4. The Morgan fingerprint density at radius 2 is 0.889 bits per heavy atom. The summed E-state index contributed by atoms with van der Waals surface area (Å²) < 4.78 is 0. The van der Waals surface area contributed by atoms with Crippen LogP contribution in [0.3, 0.4) is 0 Å². The number of aromatic nitrogens is 2. The molecule has 0 fully saturated rings. The number of hydrogen-bond acceptors (Lipinski definition) is 8. The molecule has 174 valence electrons. The maximum atomic E-state index is 12.7. The first kappa shape index (κ1) is 22.6. The number of fused-ring (bicyclic) bond motifs is 2. The van der Waals surface area contributed by atoms with Crippen molar-refractivity contribution in [1.82, 2.24) is 19.8 Å². The topological polar surface area (TPSA) is 148 Å². The number of hydrogen-bond donors (Lipinski definition) is 0.